The molecule has 1 aromatic rings. The van der Waals surface area contributed by atoms with Gasteiger partial charge in [-0.1, -0.05) is 11.3 Å². The van der Waals surface area contributed by atoms with Gasteiger partial charge in [0, 0.05) is 12.6 Å². The van der Waals surface area contributed by atoms with E-state index in [1.165, 1.54) is 11.3 Å². The molecule has 84 valence electrons. The van der Waals surface area contributed by atoms with E-state index in [1.54, 1.807) is 0 Å². The minimum absolute atomic E-state index is 0.298. The van der Waals surface area contributed by atoms with Gasteiger partial charge in [0.25, 0.3) is 0 Å². The lowest BCUT2D eigenvalue weighted by Crippen LogP contribution is -2.46. The molecule has 1 aliphatic rings. The Morgan fingerprint density at radius 1 is 1.53 bits per heavy atom. The second-order valence-corrected chi connectivity index (χ2v) is 5.05. The fourth-order valence-corrected chi connectivity index (χ4v) is 2.33. The molecule has 0 amide bonds. The SMILES string of the molecule is CC1CN(Cc2nnc(N)s2)C(C)CO1. The lowest BCUT2D eigenvalue weighted by atomic mass is 10.2. The van der Waals surface area contributed by atoms with E-state index in [-0.39, 0.29) is 0 Å². The summed E-state index contributed by atoms with van der Waals surface area (Å²) in [5.41, 5.74) is 5.55. The predicted octanol–water partition coefficient (Wildman–Crippen LogP) is 0.729. The molecule has 1 fully saturated rings. The quantitative estimate of drug-likeness (QED) is 0.808. The van der Waals surface area contributed by atoms with Crippen LogP contribution in [0.2, 0.25) is 0 Å². The number of nitrogens with zero attached hydrogens (tertiary/aromatic N) is 3. The van der Waals surface area contributed by atoms with Crippen LogP contribution in [0.5, 0.6) is 0 Å². The Hall–Kier alpha value is -0.720. The summed E-state index contributed by atoms with van der Waals surface area (Å²) < 4.78 is 5.56. The Labute approximate surface area is 93.2 Å². The number of anilines is 1. The van der Waals surface area contributed by atoms with Crippen LogP contribution in [-0.4, -0.2) is 40.4 Å². The van der Waals surface area contributed by atoms with Gasteiger partial charge < -0.3 is 10.5 Å². The van der Waals surface area contributed by atoms with Gasteiger partial charge in [-0.3, -0.25) is 4.90 Å². The monoisotopic (exact) mass is 228 g/mol. The summed E-state index contributed by atoms with van der Waals surface area (Å²) in [6.45, 7) is 6.81. The van der Waals surface area contributed by atoms with Gasteiger partial charge in [-0.25, -0.2) is 0 Å². The number of nitrogens with two attached hydrogens (primary N) is 1. The molecule has 2 heterocycles. The lowest BCUT2D eigenvalue weighted by molar-refractivity contribution is -0.0527. The fourth-order valence-electron chi connectivity index (χ4n) is 1.70. The van der Waals surface area contributed by atoms with Crippen molar-refractivity contribution in [1.82, 2.24) is 15.1 Å². The molecule has 0 radical (unpaired) electrons. The molecule has 1 aliphatic heterocycles. The Balaban J connectivity index is 1.98. The van der Waals surface area contributed by atoms with Crippen LogP contribution in [0.15, 0.2) is 0 Å². The zero-order valence-corrected chi connectivity index (χ0v) is 9.83. The molecule has 0 saturated carbocycles. The Kier molecular flexibility index (Phi) is 3.18. The first-order valence-corrected chi connectivity index (χ1v) is 5.90. The molecule has 1 saturated heterocycles. The second kappa shape index (κ2) is 4.42. The summed E-state index contributed by atoms with van der Waals surface area (Å²) in [6, 6.07) is 0.436. The zero-order valence-electron chi connectivity index (χ0n) is 9.01. The van der Waals surface area contributed by atoms with Crippen molar-refractivity contribution >= 4 is 16.5 Å². The molecule has 6 heteroatoms. The summed E-state index contributed by atoms with van der Waals surface area (Å²) in [6.07, 6.45) is 0.298. The molecule has 1 aromatic heterocycles. The minimum atomic E-state index is 0.298. The Bertz CT molecular complexity index is 330. The predicted molar refractivity (Wildman–Crippen MR) is 59.6 cm³/mol. The maximum Gasteiger partial charge on any atom is 0.203 e. The van der Waals surface area contributed by atoms with Crippen molar-refractivity contribution in [1.29, 1.82) is 0 Å². The van der Waals surface area contributed by atoms with Gasteiger partial charge in [-0.05, 0) is 13.8 Å². The average Bonchev–Trinajstić information content (AvgIpc) is 2.58. The van der Waals surface area contributed by atoms with Crippen molar-refractivity contribution in [2.75, 3.05) is 18.9 Å². The van der Waals surface area contributed by atoms with Crippen molar-refractivity contribution in [2.24, 2.45) is 0 Å². The number of nitrogen functional groups attached to an aromatic ring is 1. The molecule has 2 rings (SSSR count). The summed E-state index contributed by atoms with van der Waals surface area (Å²) in [5.74, 6) is 0. The lowest BCUT2D eigenvalue weighted by Gasteiger charge is -2.36. The molecular formula is C9H16N4OS. The van der Waals surface area contributed by atoms with Crippen LogP contribution < -0.4 is 5.73 Å². The zero-order chi connectivity index (χ0) is 10.8. The van der Waals surface area contributed by atoms with Gasteiger partial charge in [-0.2, -0.15) is 0 Å². The second-order valence-electron chi connectivity index (χ2n) is 3.96. The molecule has 0 aromatic carbocycles. The van der Waals surface area contributed by atoms with E-state index in [0.717, 1.165) is 24.7 Å². The highest BCUT2D eigenvalue weighted by atomic mass is 32.1. The largest absolute Gasteiger partial charge is 0.376 e. The molecule has 2 N–H and O–H groups in total. The highest BCUT2D eigenvalue weighted by Crippen LogP contribution is 2.18. The van der Waals surface area contributed by atoms with Crippen molar-refractivity contribution in [2.45, 2.75) is 32.5 Å². The average molecular weight is 228 g/mol. The van der Waals surface area contributed by atoms with E-state index in [4.69, 9.17) is 10.5 Å². The number of hydrogen-bond donors (Lipinski definition) is 1. The van der Waals surface area contributed by atoms with Gasteiger partial charge in [0.1, 0.15) is 5.01 Å². The van der Waals surface area contributed by atoms with Crippen LogP contribution in [0.1, 0.15) is 18.9 Å². The summed E-state index contributed by atoms with van der Waals surface area (Å²) in [4.78, 5) is 2.36. The van der Waals surface area contributed by atoms with E-state index >= 15 is 0 Å². The molecule has 15 heavy (non-hydrogen) atoms. The van der Waals surface area contributed by atoms with Crippen molar-refractivity contribution in [3.8, 4) is 0 Å². The van der Waals surface area contributed by atoms with E-state index < -0.39 is 0 Å². The summed E-state index contributed by atoms with van der Waals surface area (Å²) in [7, 11) is 0. The van der Waals surface area contributed by atoms with Gasteiger partial charge in [0.2, 0.25) is 5.13 Å². The van der Waals surface area contributed by atoms with Gasteiger partial charge in [0.05, 0.1) is 19.3 Å². The molecule has 0 aliphatic carbocycles. The van der Waals surface area contributed by atoms with Crippen LogP contribution in [0.25, 0.3) is 0 Å². The third-order valence-corrected chi connectivity index (χ3v) is 3.29. The number of morpholine rings is 1. The third kappa shape index (κ3) is 2.64. The minimum Gasteiger partial charge on any atom is -0.376 e. The number of rotatable bonds is 2. The Morgan fingerprint density at radius 2 is 2.33 bits per heavy atom. The standard InChI is InChI=1S/C9H16N4OS/c1-6-5-14-7(2)3-13(6)4-8-11-12-9(10)15-8/h6-7H,3-5H2,1-2H3,(H2,10,12). The van der Waals surface area contributed by atoms with Crippen molar-refractivity contribution in [3.63, 3.8) is 0 Å². The number of ether oxygens (including phenoxy) is 1. The normalized spacial score (nSPS) is 28.1. The molecular weight excluding hydrogens is 212 g/mol. The van der Waals surface area contributed by atoms with Gasteiger partial charge >= 0.3 is 0 Å². The third-order valence-electron chi connectivity index (χ3n) is 2.56. The van der Waals surface area contributed by atoms with E-state index in [1.807, 2.05) is 0 Å². The number of aromatic nitrogens is 2. The molecule has 2 unspecified atom stereocenters. The number of hydrogen-bond acceptors (Lipinski definition) is 6. The van der Waals surface area contributed by atoms with E-state index in [2.05, 4.69) is 28.9 Å². The van der Waals surface area contributed by atoms with Crippen LogP contribution in [0, 0.1) is 0 Å². The Morgan fingerprint density at radius 3 is 3.00 bits per heavy atom. The van der Waals surface area contributed by atoms with Crippen LogP contribution in [-0.2, 0) is 11.3 Å². The van der Waals surface area contributed by atoms with E-state index in [9.17, 15) is 0 Å². The summed E-state index contributed by atoms with van der Waals surface area (Å²) >= 11 is 1.46. The maximum absolute atomic E-state index is 5.56. The van der Waals surface area contributed by atoms with E-state index in [0.29, 0.717) is 17.3 Å². The molecule has 0 spiro atoms. The molecule has 0 bridgehead atoms. The highest BCUT2D eigenvalue weighted by molar-refractivity contribution is 7.15. The topological polar surface area (TPSA) is 64.3 Å². The smallest absolute Gasteiger partial charge is 0.203 e. The summed E-state index contributed by atoms with van der Waals surface area (Å²) in [5, 5.41) is 9.37. The van der Waals surface area contributed by atoms with Crippen molar-refractivity contribution < 1.29 is 4.74 Å². The highest BCUT2D eigenvalue weighted by Gasteiger charge is 2.24. The first-order chi connectivity index (χ1) is 7.15. The van der Waals surface area contributed by atoms with Gasteiger partial charge in [-0.15, -0.1) is 10.2 Å². The molecule has 2 atom stereocenters. The van der Waals surface area contributed by atoms with Crippen LogP contribution in [0.4, 0.5) is 5.13 Å². The van der Waals surface area contributed by atoms with Crippen molar-refractivity contribution in [3.05, 3.63) is 5.01 Å². The van der Waals surface area contributed by atoms with Crippen LogP contribution in [0.3, 0.4) is 0 Å². The van der Waals surface area contributed by atoms with Crippen LogP contribution >= 0.6 is 11.3 Å². The maximum atomic E-state index is 5.56. The fraction of sp³-hybridized carbons (Fsp3) is 0.778. The molecule has 5 nitrogen and oxygen atoms in total. The van der Waals surface area contributed by atoms with Gasteiger partial charge in [0.15, 0.2) is 0 Å². The first-order valence-electron chi connectivity index (χ1n) is 5.08. The first kappa shape index (κ1) is 10.8.